The molecular formula is C16H29N3O2. The van der Waals surface area contributed by atoms with Gasteiger partial charge in [-0.2, -0.15) is 4.98 Å². The first-order valence-corrected chi connectivity index (χ1v) is 8.38. The second-order valence-electron chi connectivity index (χ2n) is 6.19. The average molecular weight is 295 g/mol. The van der Waals surface area contributed by atoms with Crippen molar-refractivity contribution < 1.29 is 9.26 Å². The van der Waals surface area contributed by atoms with Gasteiger partial charge in [-0.1, -0.05) is 25.4 Å². The highest BCUT2D eigenvalue weighted by atomic mass is 16.5. The largest absolute Gasteiger partial charge is 0.367 e. The van der Waals surface area contributed by atoms with E-state index in [9.17, 15) is 0 Å². The lowest BCUT2D eigenvalue weighted by Crippen LogP contribution is -2.32. The van der Waals surface area contributed by atoms with Gasteiger partial charge < -0.3 is 14.6 Å². The Morgan fingerprint density at radius 3 is 2.81 bits per heavy atom. The highest BCUT2D eigenvalue weighted by Crippen LogP contribution is 2.32. The normalized spacial score (nSPS) is 24.1. The molecule has 0 aromatic carbocycles. The minimum absolute atomic E-state index is 0.364. The predicted molar refractivity (Wildman–Crippen MR) is 82.1 cm³/mol. The van der Waals surface area contributed by atoms with Gasteiger partial charge in [0.2, 0.25) is 11.7 Å². The summed E-state index contributed by atoms with van der Waals surface area (Å²) in [4.78, 5) is 4.59. The van der Waals surface area contributed by atoms with Gasteiger partial charge in [0.25, 0.3) is 0 Å². The van der Waals surface area contributed by atoms with E-state index in [-0.39, 0.29) is 5.60 Å². The maximum absolute atomic E-state index is 5.88. The van der Waals surface area contributed by atoms with Gasteiger partial charge in [0.05, 0.1) is 0 Å². The van der Waals surface area contributed by atoms with Crippen LogP contribution in [0.3, 0.4) is 0 Å². The molecule has 1 aliphatic heterocycles. The van der Waals surface area contributed by atoms with Gasteiger partial charge in [-0.25, -0.2) is 0 Å². The van der Waals surface area contributed by atoms with Crippen molar-refractivity contribution in [1.29, 1.82) is 0 Å². The van der Waals surface area contributed by atoms with E-state index in [1.165, 1.54) is 0 Å². The molecule has 2 rings (SSSR count). The molecule has 5 nitrogen and oxygen atoms in total. The van der Waals surface area contributed by atoms with E-state index >= 15 is 0 Å². The van der Waals surface area contributed by atoms with Crippen molar-refractivity contribution in [3.05, 3.63) is 11.7 Å². The van der Waals surface area contributed by atoms with Gasteiger partial charge in [0, 0.05) is 19.1 Å². The number of ether oxygens (including phenoxy) is 1. The van der Waals surface area contributed by atoms with Crippen molar-refractivity contribution in [3.63, 3.8) is 0 Å². The first-order valence-electron chi connectivity index (χ1n) is 8.38. The van der Waals surface area contributed by atoms with Crippen LogP contribution < -0.4 is 5.32 Å². The molecule has 5 heteroatoms. The van der Waals surface area contributed by atoms with E-state index in [2.05, 4.69) is 36.2 Å². The summed E-state index contributed by atoms with van der Waals surface area (Å²) in [5.74, 6) is 1.44. The Balaban J connectivity index is 1.97. The van der Waals surface area contributed by atoms with Crippen LogP contribution in [0.25, 0.3) is 0 Å². The summed E-state index contributed by atoms with van der Waals surface area (Å²) in [6, 6.07) is 0.420. The molecule has 1 aromatic rings. The summed E-state index contributed by atoms with van der Waals surface area (Å²) < 4.78 is 11.3. The Hall–Kier alpha value is -0.940. The zero-order valence-electron chi connectivity index (χ0n) is 13.7. The molecule has 2 heterocycles. The van der Waals surface area contributed by atoms with Crippen LogP contribution in [-0.4, -0.2) is 29.3 Å². The lowest BCUT2D eigenvalue weighted by atomic mass is 9.95. The van der Waals surface area contributed by atoms with Crippen LogP contribution in [0, 0.1) is 0 Å². The fourth-order valence-corrected chi connectivity index (χ4v) is 2.85. The van der Waals surface area contributed by atoms with Gasteiger partial charge >= 0.3 is 0 Å². The van der Waals surface area contributed by atoms with Crippen LogP contribution in [0.2, 0.25) is 0 Å². The Labute approximate surface area is 127 Å². The quantitative estimate of drug-likeness (QED) is 0.798. The number of rotatable bonds is 8. The standard InChI is InChI=1S/C16H29N3O2/c1-4-8-13(17-10-5-2)12-14-18-15(19-21-14)16(3)9-6-7-11-20-16/h13,17H,4-12H2,1-3H3. The lowest BCUT2D eigenvalue weighted by Gasteiger charge is -2.30. The molecule has 2 atom stereocenters. The van der Waals surface area contributed by atoms with Gasteiger partial charge in [-0.05, 0) is 45.6 Å². The van der Waals surface area contributed by atoms with Gasteiger partial charge in [0.1, 0.15) is 5.60 Å². The first kappa shape index (κ1) is 16.4. The Morgan fingerprint density at radius 2 is 2.14 bits per heavy atom. The molecule has 0 aliphatic carbocycles. The molecule has 1 aromatic heterocycles. The van der Waals surface area contributed by atoms with Crippen LogP contribution in [0.15, 0.2) is 4.52 Å². The first-order chi connectivity index (χ1) is 10.2. The number of aromatic nitrogens is 2. The minimum Gasteiger partial charge on any atom is -0.367 e. The molecule has 1 N–H and O–H groups in total. The van der Waals surface area contributed by atoms with Crippen molar-refractivity contribution in [2.45, 2.75) is 77.4 Å². The van der Waals surface area contributed by atoms with Crippen molar-refractivity contribution in [1.82, 2.24) is 15.5 Å². The van der Waals surface area contributed by atoms with Gasteiger partial charge in [0.15, 0.2) is 0 Å². The zero-order valence-corrected chi connectivity index (χ0v) is 13.7. The maximum atomic E-state index is 5.88. The summed E-state index contributed by atoms with van der Waals surface area (Å²) in [5.41, 5.74) is -0.364. The number of nitrogens with one attached hydrogen (secondary N) is 1. The summed E-state index contributed by atoms with van der Waals surface area (Å²) in [6.45, 7) is 8.28. The third-order valence-corrected chi connectivity index (χ3v) is 4.15. The highest BCUT2D eigenvalue weighted by Gasteiger charge is 2.35. The Morgan fingerprint density at radius 1 is 1.29 bits per heavy atom. The van der Waals surface area contributed by atoms with Crippen LogP contribution in [0.1, 0.15) is 71.0 Å². The van der Waals surface area contributed by atoms with Gasteiger partial charge in [-0.15, -0.1) is 0 Å². The second-order valence-corrected chi connectivity index (χ2v) is 6.19. The Kier molecular flexibility index (Phi) is 6.18. The summed E-state index contributed by atoms with van der Waals surface area (Å²) in [5, 5.41) is 7.72. The van der Waals surface area contributed by atoms with Gasteiger partial charge in [-0.3, -0.25) is 0 Å². The molecule has 0 bridgehead atoms. The smallest absolute Gasteiger partial charge is 0.228 e. The fraction of sp³-hybridized carbons (Fsp3) is 0.875. The molecule has 21 heavy (non-hydrogen) atoms. The average Bonchev–Trinajstić information content (AvgIpc) is 2.95. The Bertz CT molecular complexity index is 413. The second kappa shape index (κ2) is 7.90. The summed E-state index contributed by atoms with van der Waals surface area (Å²) >= 11 is 0. The molecule has 0 amide bonds. The van der Waals surface area contributed by atoms with E-state index in [0.29, 0.717) is 11.9 Å². The highest BCUT2D eigenvalue weighted by molar-refractivity contribution is 5.01. The minimum atomic E-state index is -0.364. The van der Waals surface area contributed by atoms with Crippen molar-refractivity contribution in [3.8, 4) is 0 Å². The van der Waals surface area contributed by atoms with Crippen LogP contribution >= 0.6 is 0 Å². The van der Waals surface area contributed by atoms with Crippen LogP contribution in [0.4, 0.5) is 0 Å². The SMILES string of the molecule is CCCNC(CCC)Cc1nc(C2(C)CCCCO2)no1. The van der Waals surface area contributed by atoms with E-state index in [4.69, 9.17) is 9.26 Å². The third-order valence-electron chi connectivity index (χ3n) is 4.15. The molecule has 0 spiro atoms. The molecule has 1 aliphatic rings. The van der Waals surface area contributed by atoms with E-state index in [1.807, 2.05) is 0 Å². The van der Waals surface area contributed by atoms with Crippen LogP contribution in [-0.2, 0) is 16.8 Å². The summed E-state index contributed by atoms with van der Waals surface area (Å²) in [6.07, 6.45) is 7.49. The summed E-state index contributed by atoms with van der Waals surface area (Å²) in [7, 11) is 0. The molecule has 0 radical (unpaired) electrons. The van der Waals surface area contributed by atoms with E-state index in [0.717, 1.165) is 64.0 Å². The number of hydrogen-bond donors (Lipinski definition) is 1. The number of hydrogen-bond acceptors (Lipinski definition) is 5. The molecule has 120 valence electrons. The van der Waals surface area contributed by atoms with Crippen LogP contribution in [0.5, 0.6) is 0 Å². The molecule has 2 unspecified atom stereocenters. The monoisotopic (exact) mass is 295 g/mol. The third kappa shape index (κ3) is 4.51. The molecule has 0 saturated carbocycles. The number of nitrogens with zero attached hydrogens (tertiary/aromatic N) is 2. The van der Waals surface area contributed by atoms with Crippen molar-refractivity contribution in [2.24, 2.45) is 0 Å². The lowest BCUT2D eigenvalue weighted by molar-refractivity contribution is -0.0770. The molecule has 1 fully saturated rings. The molecular weight excluding hydrogens is 266 g/mol. The maximum Gasteiger partial charge on any atom is 0.228 e. The van der Waals surface area contributed by atoms with Crippen molar-refractivity contribution in [2.75, 3.05) is 13.2 Å². The predicted octanol–water partition coefficient (Wildman–Crippen LogP) is 3.20. The van der Waals surface area contributed by atoms with E-state index in [1.54, 1.807) is 0 Å². The fourth-order valence-electron chi connectivity index (χ4n) is 2.85. The zero-order chi connectivity index (χ0) is 15.1. The topological polar surface area (TPSA) is 60.2 Å². The molecule has 1 saturated heterocycles. The van der Waals surface area contributed by atoms with E-state index < -0.39 is 0 Å². The van der Waals surface area contributed by atoms with Crippen molar-refractivity contribution >= 4 is 0 Å².